The number of benzene rings is 3. The molecule has 0 aliphatic rings. The van der Waals surface area contributed by atoms with Crippen molar-refractivity contribution in [2.45, 2.75) is 44.2 Å². The van der Waals surface area contributed by atoms with Gasteiger partial charge in [-0.25, -0.2) is 8.42 Å². The molecule has 0 bridgehead atoms. The highest BCUT2D eigenvalue weighted by Gasteiger charge is 2.34. The molecule has 3 rings (SSSR count). The Morgan fingerprint density at radius 3 is 2.17 bits per heavy atom. The lowest BCUT2D eigenvalue weighted by Crippen LogP contribution is -2.52. The van der Waals surface area contributed by atoms with Gasteiger partial charge in [-0.3, -0.25) is 13.9 Å². The molecule has 214 valence electrons. The van der Waals surface area contributed by atoms with E-state index in [2.05, 4.69) is 5.32 Å². The van der Waals surface area contributed by atoms with Crippen LogP contribution in [-0.4, -0.2) is 44.3 Å². The second-order valence-corrected chi connectivity index (χ2v) is 12.4. The third kappa shape index (κ3) is 7.83. The lowest BCUT2D eigenvalue weighted by molar-refractivity contribution is -0.140. The van der Waals surface area contributed by atoms with Gasteiger partial charge in [0.2, 0.25) is 11.8 Å². The molecular formula is C28H29Cl4N3O4S. The van der Waals surface area contributed by atoms with Crippen LogP contribution in [0.3, 0.4) is 0 Å². The first-order valence-electron chi connectivity index (χ1n) is 12.5. The molecule has 0 saturated heterocycles. The SMILES string of the molecule is CCCNC(=O)[C@@H](CC)N(Cc1ccc(Cl)cc1Cl)C(=O)CN(c1ccc(Cl)c(Cl)c1)S(=O)(=O)c1ccccc1. The van der Waals surface area contributed by atoms with Crippen molar-refractivity contribution in [3.63, 3.8) is 0 Å². The fraction of sp³-hybridized carbons (Fsp3) is 0.286. The van der Waals surface area contributed by atoms with Gasteiger partial charge in [0.05, 0.1) is 20.6 Å². The number of hydrogen-bond acceptors (Lipinski definition) is 4. The van der Waals surface area contributed by atoms with Crippen LogP contribution in [0.4, 0.5) is 5.69 Å². The topological polar surface area (TPSA) is 86.8 Å². The van der Waals surface area contributed by atoms with Crippen LogP contribution in [0, 0.1) is 0 Å². The molecule has 3 aromatic rings. The van der Waals surface area contributed by atoms with E-state index in [1.165, 1.54) is 35.2 Å². The third-order valence-corrected chi connectivity index (χ3v) is 9.21. The monoisotopic (exact) mass is 643 g/mol. The summed E-state index contributed by atoms with van der Waals surface area (Å²) in [6.07, 6.45) is 0.990. The zero-order valence-electron chi connectivity index (χ0n) is 21.9. The Morgan fingerprint density at radius 2 is 1.57 bits per heavy atom. The molecule has 0 saturated carbocycles. The molecule has 7 nitrogen and oxygen atoms in total. The van der Waals surface area contributed by atoms with Crippen molar-refractivity contribution in [2.24, 2.45) is 0 Å². The molecule has 0 aliphatic heterocycles. The highest BCUT2D eigenvalue weighted by Crippen LogP contribution is 2.31. The van der Waals surface area contributed by atoms with Crippen LogP contribution in [0.1, 0.15) is 32.3 Å². The molecule has 0 radical (unpaired) electrons. The lowest BCUT2D eigenvalue weighted by atomic mass is 10.1. The van der Waals surface area contributed by atoms with Gasteiger partial charge in [-0.05, 0) is 60.9 Å². The summed E-state index contributed by atoms with van der Waals surface area (Å²) in [5.74, 6) is -0.968. The van der Waals surface area contributed by atoms with Crippen LogP contribution in [0.15, 0.2) is 71.6 Å². The quantitative estimate of drug-likeness (QED) is 0.234. The summed E-state index contributed by atoms with van der Waals surface area (Å²) in [5.41, 5.74) is 0.688. The first-order chi connectivity index (χ1) is 19.0. The molecular weight excluding hydrogens is 616 g/mol. The first-order valence-corrected chi connectivity index (χ1v) is 15.5. The molecule has 0 spiro atoms. The summed E-state index contributed by atoms with van der Waals surface area (Å²) in [4.78, 5) is 28.5. The van der Waals surface area contributed by atoms with Crippen LogP contribution >= 0.6 is 46.4 Å². The number of nitrogens with zero attached hydrogens (tertiary/aromatic N) is 2. The average Bonchev–Trinajstić information content (AvgIpc) is 2.93. The van der Waals surface area contributed by atoms with Gasteiger partial charge in [0.15, 0.2) is 0 Å². The van der Waals surface area contributed by atoms with E-state index in [1.54, 1.807) is 43.3 Å². The Balaban J connectivity index is 2.08. The van der Waals surface area contributed by atoms with Crippen molar-refractivity contribution >= 4 is 73.9 Å². The average molecular weight is 645 g/mol. The van der Waals surface area contributed by atoms with E-state index in [0.29, 0.717) is 28.6 Å². The predicted octanol–water partition coefficient (Wildman–Crippen LogP) is 6.83. The fourth-order valence-electron chi connectivity index (χ4n) is 4.01. The summed E-state index contributed by atoms with van der Waals surface area (Å²) < 4.78 is 28.6. The zero-order chi connectivity index (χ0) is 29.4. The Bertz CT molecular complexity index is 1460. The number of carbonyl (C=O) groups is 2. The molecule has 0 heterocycles. The highest BCUT2D eigenvalue weighted by atomic mass is 35.5. The van der Waals surface area contributed by atoms with E-state index in [-0.39, 0.29) is 39.5 Å². The Labute approximate surface area is 255 Å². The van der Waals surface area contributed by atoms with Gasteiger partial charge in [-0.2, -0.15) is 0 Å². The number of hydrogen-bond donors (Lipinski definition) is 1. The minimum absolute atomic E-state index is 0.0195. The van der Waals surface area contributed by atoms with E-state index < -0.39 is 28.5 Å². The predicted molar refractivity (Wildman–Crippen MR) is 162 cm³/mol. The summed E-state index contributed by atoms with van der Waals surface area (Å²) in [7, 11) is -4.23. The maximum absolute atomic E-state index is 14.0. The van der Waals surface area contributed by atoms with E-state index in [1.807, 2.05) is 6.92 Å². The van der Waals surface area contributed by atoms with Crippen LogP contribution in [-0.2, 0) is 26.2 Å². The van der Waals surface area contributed by atoms with Gasteiger partial charge >= 0.3 is 0 Å². The van der Waals surface area contributed by atoms with Crippen LogP contribution in [0.25, 0.3) is 0 Å². The maximum Gasteiger partial charge on any atom is 0.264 e. The number of anilines is 1. The summed E-state index contributed by atoms with van der Waals surface area (Å²) in [6, 6.07) is 16.0. The number of amides is 2. The van der Waals surface area contributed by atoms with Gasteiger partial charge in [-0.15, -0.1) is 0 Å². The van der Waals surface area contributed by atoms with Crippen molar-refractivity contribution in [3.05, 3.63) is 92.4 Å². The molecule has 2 amide bonds. The molecule has 40 heavy (non-hydrogen) atoms. The largest absolute Gasteiger partial charge is 0.354 e. The molecule has 0 aliphatic carbocycles. The van der Waals surface area contributed by atoms with Crippen molar-refractivity contribution in [2.75, 3.05) is 17.4 Å². The second-order valence-electron chi connectivity index (χ2n) is 8.90. The molecule has 0 unspecified atom stereocenters. The van der Waals surface area contributed by atoms with Gasteiger partial charge in [-0.1, -0.05) is 84.5 Å². The standard InChI is InChI=1S/C28H29Cl4N3O4S/c1-3-14-33-28(37)26(4-2)34(17-19-10-11-20(29)15-24(19)31)27(36)18-35(21-12-13-23(30)25(32)16-21)40(38,39)22-8-6-5-7-9-22/h5-13,15-16,26H,3-4,14,17-18H2,1-2H3,(H,33,37)/t26-/m1/s1. The third-order valence-electron chi connectivity index (χ3n) is 6.09. The smallest absolute Gasteiger partial charge is 0.264 e. The molecule has 3 aromatic carbocycles. The highest BCUT2D eigenvalue weighted by molar-refractivity contribution is 7.92. The van der Waals surface area contributed by atoms with E-state index in [9.17, 15) is 18.0 Å². The molecule has 0 fully saturated rings. The molecule has 0 aromatic heterocycles. The van der Waals surface area contributed by atoms with Crippen molar-refractivity contribution in [3.8, 4) is 0 Å². The number of carbonyl (C=O) groups excluding carboxylic acids is 2. The Hall–Kier alpha value is -2.49. The van der Waals surface area contributed by atoms with Gasteiger partial charge < -0.3 is 10.2 Å². The summed E-state index contributed by atoms with van der Waals surface area (Å²) >= 11 is 24.8. The Kier molecular flexibility index (Phi) is 11.5. The van der Waals surface area contributed by atoms with Gasteiger partial charge in [0.1, 0.15) is 12.6 Å². The normalized spacial score (nSPS) is 12.1. The molecule has 1 atom stereocenters. The van der Waals surface area contributed by atoms with Gasteiger partial charge in [0, 0.05) is 23.1 Å². The Morgan fingerprint density at radius 1 is 0.875 bits per heavy atom. The van der Waals surface area contributed by atoms with Gasteiger partial charge in [0.25, 0.3) is 10.0 Å². The van der Waals surface area contributed by atoms with Crippen molar-refractivity contribution < 1.29 is 18.0 Å². The van der Waals surface area contributed by atoms with Crippen molar-refractivity contribution in [1.29, 1.82) is 0 Å². The fourth-order valence-corrected chi connectivity index (χ4v) is 6.20. The number of rotatable bonds is 12. The minimum atomic E-state index is -4.23. The first kappa shape index (κ1) is 32.0. The van der Waals surface area contributed by atoms with Crippen molar-refractivity contribution in [1.82, 2.24) is 10.2 Å². The molecule has 1 N–H and O–H groups in total. The minimum Gasteiger partial charge on any atom is -0.354 e. The van der Waals surface area contributed by atoms with Crippen LogP contribution in [0.2, 0.25) is 20.1 Å². The van der Waals surface area contributed by atoms with Crippen LogP contribution in [0.5, 0.6) is 0 Å². The van der Waals surface area contributed by atoms with E-state index in [0.717, 1.165) is 4.31 Å². The second kappa shape index (κ2) is 14.4. The maximum atomic E-state index is 14.0. The lowest BCUT2D eigenvalue weighted by Gasteiger charge is -2.33. The molecule has 12 heteroatoms. The van der Waals surface area contributed by atoms with E-state index >= 15 is 0 Å². The van der Waals surface area contributed by atoms with Crippen LogP contribution < -0.4 is 9.62 Å². The summed E-state index contributed by atoms with van der Waals surface area (Å²) in [5, 5.41) is 3.91. The van der Waals surface area contributed by atoms with E-state index in [4.69, 9.17) is 46.4 Å². The zero-order valence-corrected chi connectivity index (χ0v) is 25.8. The number of sulfonamides is 1. The summed E-state index contributed by atoms with van der Waals surface area (Å²) in [6.45, 7) is 3.46. The number of nitrogens with one attached hydrogen (secondary N) is 1. The number of halogens is 4.